The molecule has 3 N–H and O–H groups in total. The minimum atomic E-state index is -1.23. The number of anilines is 1. The lowest BCUT2D eigenvalue weighted by atomic mass is 9.86. The van der Waals surface area contributed by atoms with Crippen LogP contribution in [0.1, 0.15) is 11.6 Å². The molecule has 0 saturated carbocycles. The Morgan fingerprint density at radius 3 is 2.29 bits per heavy atom. The van der Waals surface area contributed by atoms with Crippen LogP contribution in [0.5, 0.6) is 11.5 Å². The summed E-state index contributed by atoms with van der Waals surface area (Å²) in [7, 11) is 1.51. The molecule has 2 saturated heterocycles. The third kappa shape index (κ3) is 2.61. The van der Waals surface area contributed by atoms with Gasteiger partial charge in [0.05, 0.1) is 24.6 Å². The molecule has 28 heavy (non-hydrogen) atoms. The van der Waals surface area contributed by atoms with E-state index in [1.807, 2.05) is 0 Å². The molecule has 0 radical (unpaired) electrons. The summed E-state index contributed by atoms with van der Waals surface area (Å²) in [6, 6.07) is 10.8. The molecule has 2 aromatic rings. The fraction of sp³-hybridized carbons (Fsp3) is 0.250. The van der Waals surface area contributed by atoms with Gasteiger partial charge in [-0.1, -0.05) is 18.2 Å². The summed E-state index contributed by atoms with van der Waals surface area (Å²) >= 11 is 0. The SMILES string of the molecule is COc1ccc(N2C(=O)[C@@H]3[C@H](C2=O)[C@H](C(=O)O)N[C@H]3c2ccccc2O)cc1. The molecule has 144 valence electrons. The Hall–Kier alpha value is -3.39. The highest BCUT2D eigenvalue weighted by Crippen LogP contribution is 2.47. The molecule has 2 heterocycles. The molecule has 8 heteroatoms. The highest BCUT2D eigenvalue weighted by Gasteiger charge is 2.61. The first-order valence-electron chi connectivity index (χ1n) is 8.72. The van der Waals surface area contributed by atoms with Crippen LogP contribution in [0.25, 0.3) is 0 Å². The normalized spacial score (nSPS) is 26.4. The van der Waals surface area contributed by atoms with E-state index in [2.05, 4.69) is 5.32 Å². The van der Waals surface area contributed by atoms with Crippen molar-refractivity contribution in [3.8, 4) is 11.5 Å². The summed E-state index contributed by atoms with van der Waals surface area (Å²) in [5.41, 5.74) is 0.740. The van der Waals surface area contributed by atoms with Crippen LogP contribution in [0.2, 0.25) is 0 Å². The van der Waals surface area contributed by atoms with E-state index in [4.69, 9.17) is 4.74 Å². The van der Waals surface area contributed by atoms with Crippen molar-refractivity contribution in [1.29, 1.82) is 0 Å². The molecule has 2 aliphatic heterocycles. The van der Waals surface area contributed by atoms with Gasteiger partial charge >= 0.3 is 5.97 Å². The fourth-order valence-electron chi connectivity index (χ4n) is 4.06. The quantitative estimate of drug-likeness (QED) is 0.683. The van der Waals surface area contributed by atoms with Gasteiger partial charge in [0.15, 0.2) is 0 Å². The van der Waals surface area contributed by atoms with Crippen molar-refractivity contribution in [2.45, 2.75) is 12.1 Å². The molecule has 2 amide bonds. The van der Waals surface area contributed by atoms with Gasteiger partial charge in [-0.25, -0.2) is 4.90 Å². The summed E-state index contributed by atoms with van der Waals surface area (Å²) in [5.74, 6) is -3.76. The number of para-hydroxylation sites is 1. The summed E-state index contributed by atoms with van der Waals surface area (Å²) in [5, 5.41) is 22.7. The summed E-state index contributed by atoms with van der Waals surface area (Å²) in [4.78, 5) is 39.0. The van der Waals surface area contributed by atoms with Crippen molar-refractivity contribution in [1.82, 2.24) is 5.32 Å². The van der Waals surface area contributed by atoms with Crippen LogP contribution < -0.4 is 15.0 Å². The van der Waals surface area contributed by atoms with Crippen LogP contribution in [0.15, 0.2) is 48.5 Å². The largest absolute Gasteiger partial charge is 0.508 e. The maximum atomic E-state index is 13.2. The molecule has 4 atom stereocenters. The number of benzene rings is 2. The first kappa shape index (κ1) is 18.0. The van der Waals surface area contributed by atoms with Crippen LogP contribution in [0, 0.1) is 11.8 Å². The van der Waals surface area contributed by atoms with Gasteiger partial charge in [0.1, 0.15) is 17.5 Å². The number of aliphatic carboxylic acids is 1. The number of carbonyl (C=O) groups excluding carboxylic acids is 2. The number of carbonyl (C=O) groups is 3. The number of fused-ring (bicyclic) bond motifs is 1. The Labute approximate surface area is 160 Å². The number of nitrogens with zero attached hydrogens (tertiary/aromatic N) is 1. The molecule has 0 aliphatic carbocycles. The van der Waals surface area contributed by atoms with E-state index in [-0.39, 0.29) is 5.75 Å². The Morgan fingerprint density at radius 2 is 1.68 bits per heavy atom. The first-order chi connectivity index (χ1) is 13.4. The van der Waals surface area contributed by atoms with Gasteiger partial charge in [-0.05, 0) is 30.3 Å². The molecule has 0 spiro atoms. The third-order valence-electron chi connectivity index (χ3n) is 5.34. The molecule has 0 bridgehead atoms. The number of methoxy groups -OCH3 is 1. The van der Waals surface area contributed by atoms with Crippen molar-refractivity contribution in [2.24, 2.45) is 11.8 Å². The second kappa shape index (κ2) is 6.65. The maximum Gasteiger partial charge on any atom is 0.321 e. The van der Waals surface area contributed by atoms with Gasteiger partial charge in [-0.2, -0.15) is 0 Å². The third-order valence-corrected chi connectivity index (χ3v) is 5.34. The zero-order valence-corrected chi connectivity index (χ0v) is 14.9. The number of rotatable bonds is 4. The van der Waals surface area contributed by atoms with Crippen molar-refractivity contribution < 1.29 is 29.3 Å². The van der Waals surface area contributed by atoms with Crippen LogP contribution >= 0.6 is 0 Å². The lowest BCUT2D eigenvalue weighted by molar-refractivity contribution is -0.142. The zero-order valence-electron chi connectivity index (χ0n) is 14.9. The van der Waals surface area contributed by atoms with Gasteiger partial charge in [0, 0.05) is 11.6 Å². The number of amides is 2. The maximum absolute atomic E-state index is 13.2. The number of carboxylic acid groups (broad SMARTS) is 1. The second-order valence-electron chi connectivity index (χ2n) is 6.78. The summed E-state index contributed by atoms with van der Waals surface area (Å²) in [6.07, 6.45) is 0. The molecule has 2 aromatic carbocycles. The Kier molecular flexibility index (Phi) is 4.27. The lowest BCUT2D eigenvalue weighted by Crippen LogP contribution is -2.43. The van der Waals surface area contributed by atoms with Crippen LogP contribution in [-0.4, -0.2) is 41.1 Å². The van der Waals surface area contributed by atoms with Crippen molar-refractivity contribution >= 4 is 23.5 Å². The Balaban J connectivity index is 1.76. The predicted molar refractivity (Wildman–Crippen MR) is 97.9 cm³/mol. The van der Waals surface area contributed by atoms with E-state index in [1.54, 1.807) is 42.5 Å². The number of carboxylic acids is 1. The number of phenolic OH excluding ortho intramolecular Hbond substituents is 1. The molecule has 2 aliphatic rings. The zero-order chi connectivity index (χ0) is 20.0. The molecule has 4 rings (SSSR count). The van der Waals surface area contributed by atoms with E-state index < -0.39 is 41.7 Å². The molecule has 8 nitrogen and oxygen atoms in total. The Bertz CT molecular complexity index is 957. The molecular formula is C20H18N2O6. The van der Waals surface area contributed by atoms with E-state index in [9.17, 15) is 24.6 Å². The van der Waals surface area contributed by atoms with Crippen molar-refractivity contribution in [3.05, 3.63) is 54.1 Å². The highest BCUT2D eigenvalue weighted by molar-refractivity contribution is 6.23. The van der Waals surface area contributed by atoms with E-state index >= 15 is 0 Å². The van der Waals surface area contributed by atoms with Crippen molar-refractivity contribution in [2.75, 3.05) is 12.0 Å². The van der Waals surface area contributed by atoms with Crippen LogP contribution in [0.4, 0.5) is 5.69 Å². The number of imide groups is 1. The highest BCUT2D eigenvalue weighted by atomic mass is 16.5. The van der Waals surface area contributed by atoms with E-state index in [0.29, 0.717) is 17.0 Å². The number of ether oxygens (including phenoxy) is 1. The van der Waals surface area contributed by atoms with E-state index in [0.717, 1.165) is 4.90 Å². The fourth-order valence-corrected chi connectivity index (χ4v) is 4.06. The summed E-state index contributed by atoms with van der Waals surface area (Å²) < 4.78 is 5.09. The van der Waals surface area contributed by atoms with Crippen LogP contribution in [-0.2, 0) is 14.4 Å². The van der Waals surface area contributed by atoms with Gasteiger partial charge < -0.3 is 14.9 Å². The second-order valence-corrected chi connectivity index (χ2v) is 6.78. The molecular weight excluding hydrogens is 364 g/mol. The van der Waals surface area contributed by atoms with E-state index in [1.165, 1.54) is 13.2 Å². The standard InChI is InChI=1S/C20H18N2O6/c1-28-11-8-6-10(7-9-11)22-18(24)14-15(19(22)25)17(20(26)27)21-16(14)12-4-2-3-5-13(12)23/h2-9,14-17,21,23H,1H3,(H,26,27)/t14-,15+,16+,17-/m1/s1. The smallest absolute Gasteiger partial charge is 0.321 e. The minimum Gasteiger partial charge on any atom is -0.508 e. The van der Waals surface area contributed by atoms with Crippen LogP contribution in [0.3, 0.4) is 0 Å². The molecule has 0 aromatic heterocycles. The van der Waals surface area contributed by atoms with Gasteiger partial charge in [0.2, 0.25) is 11.8 Å². The first-order valence-corrected chi connectivity index (χ1v) is 8.72. The average molecular weight is 382 g/mol. The topological polar surface area (TPSA) is 116 Å². The number of hydrogen-bond donors (Lipinski definition) is 3. The molecule has 2 fully saturated rings. The van der Waals surface area contributed by atoms with Crippen molar-refractivity contribution in [3.63, 3.8) is 0 Å². The number of phenols is 1. The number of hydrogen-bond acceptors (Lipinski definition) is 6. The predicted octanol–water partition coefficient (Wildman–Crippen LogP) is 1.30. The van der Waals surface area contributed by atoms with Gasteiger partial charge in [-0.3, -0.25) is 19.7 Å². The lowest BCUT2D eigenvalue weighted by Gasteiger charge is -2.22. The monoisotopic (exact) mass is 382 g/mol. The van der Waals surface area contributed by atoms with Gasteiger partial charge in [-0.15, -0.1) is 0 Å². The average Bonchev–Trinajstić information content (AvgIpc) is 3.20. The number of nitrogens with one attached hydrogen (secondary N) is 1. The molecule has 0 unspecified atom stereocenters. The Morgan fingerprint density at radius 1 is 1.04 bits per heavy atom. The number of aromatic hydroxyl groups is 1. The summed E-state index contributed by atoms with van der Waals surface area (Å²) in [6.45, 7) is 0. The van der Waals surface area contributed by atoms with Gasteiger partial charge in [0.25, 0.3) is 0 Å². The minimum absolute atomic E-state index is 0.0621.